The monoisotopic (exact) mass is 201 g/mol. The number of hydrogen-bond acceptors (Lipinski definition) is 3. The number of carboxylic acids is 2. The van der Waals surface area contributed by atoms with Gasteiger partial charge in [0.2, 0.25) is 5.91 Å². The lowest BCUT2D eigenvalue weighted by molar-refractivity contribution is -0.139. The summed E-state index contributed by atoms with van der Waals surface area (Å²) in [5, 5.41) is 19.2. The van der Waals surface area contributed by atoms with Crippen LogP contribution >= 0.6 is 0 Å². The molecule has 0 unspecified atom stereocenters. The van der Waals surface area contributed by atoms with Gasteiger partial charge < -0.3 is 15.5 Å². The van der Waals surface area contributed by atoms with Gasteiger partial charge in [0.05, 0.1) is 12.0 Å². The number of carboxylic acid groups (broad SMARTS) is 2. The molecule has 0 aliphatic heterocycles. The van der Waals surface area contributed by atoms with Gasteiger partial charge in [-0.1, -0.05) is 0 Å². The van der Waals surface area contributed by atoms with Gasteiger partial charge >= 0.3 is 11.9 Å². The first-order valence-corrected chi connectivity index (χ1v) is 3.90. The molecule has 3 N–H and O–H groups in total. The van der Waals surface area contributed by atoms with E-state index in [2.05, 4.69) is 5.32 Å². The average Bonchev–Trinajstić information content (AvgIpc) is 2.02. The Morgan fingerprint density at radius 3 is 2.21 bits per heavy atom. The van der Waals surface area contributed by atoms with Crippen molar-refractivity contribution < 1.29 is 24.6 Å². The molecule has 0 aromatic carbocycles. The van der Waals surface area contributed by atoms with Gasteiger partial charge in [0.1, 0.15) is 0 Å². The SMILES string of the molecule is CCNC(=O)C=C(CC(=O)O)C(=O)O. The van der Waals surface area contributed by atoms with Crippen molar-refractivity contribution in [2.75, 3.05) is 6.54 Å². The number of rotatable bonds is 5. The fourth-order valence-electron chi connectivity index (χ4n) is 0.735. The van der Waals surface area contributed by atoms with Gasteiger partial charge in [0.15, 0.2) is 0 Å². The van der Waals surface area contributed by atoms with Crippen molar-refractivity contribution in [3.05, 3.63) is 11.6 Å². The predicted molar refractivity (Wildman–Crippen MR) is 46.7 cm³/mol. The van der Waals surface area contributed by atoms with E-state index in [9.17, 15) is 14.4 Å². The van der Waals surface area contributed by atoms with Crippen LogP contribution in [0.25, 0.3) is 0 Å². The maximum absolute atomic E-state index is 10.9. The van der Waals surface area contributed by atoms with Crippen LogP contribution in [0.5, 0.6) is 0 Å². The van der Waals surface area contributed by atoms with Crippen LogP contribution < -0.4 is 5.32 Å². The molecule has 0 aromatic heterocycles. The first kappa shape index (κ1) is 12.2. The van der Waals surface area contributed by atoms with E-state index in [0.717, 1.165) is 6.08 Å². The molecule has 0 bridgehead atoms. The maximum atomic E-state index is 10.9. The zero-order valence-corrected chi connectivity index (χ0v) is 7.61. The second-order valence-electron chi connectivity index (χ2n) is 2.44. The van der Waals surface area contributed by atoms with Crippen LogP contribution in [0.15, 0.2) is 11.6 Å². The lowest BCUT2D eigenvalue weighted by atomic mass is 10.2. The van der Waals surface area contributed by atoms with E-state index in [0.29, 0.717) is 6.54 Å². The highest BCUT2D eigenvalue weighted by atomic mass is 16.4. The fourth-order valence-corrected chi connectivity index (χ4v) is 0.735. The molecular weight excluding hydrogens is 190 g/mol. The van der Waals surface area contributed by atoms with Gasteiger partial charge in [0.25, 0.3) is 0 Å². The number of hydrogen-bond donors (Lipinski definition) is 3. The van der Waals surface area contributed by atoms with Gasteiger partial charge in [-0.05, 0) is 6.92 Å². The summed E-state index contributed by atoms with van der Waals surface area (Å²) in [5.74, 6) is -3.30. The molecular formula is C8H11NO5. The van der Waals surface area contributed by atoms with E-state index in [4.69, 9.17) is 10.2 Å². The molecule has 78 valence electrons. The summed E-state index contributed by atoms with van der Waals surface area (Å²) in [6.45, 7) is 2.03. The van der Waals surface area contributed by atoms with Crippen LogP contribution in [0.2, 0.25) is 0 Å². The predicted octanol–water partition coefficient (Wildman–Crippen LogP) is -0.392. The third-order valence-electron chi connectivity index (χ3n) is 1.27. The Balaban J connectivity index is 4.55. The Bertz CT molecular complexity index is 281. The van der Waals surface area contributed by atoms with E-state index >= 15 is 0 Å². The molecule has 14 heavy (non-hydrogen) atoms. The second kappa shape index (κ2) is 5.74. The van der Waals surface area contributed by atoms with Crippen molar-refractivity contribution in [2.24, 2.45) is 0 Å². The molecule has 0 radical (unpaired) electrons. The van der Waals surface area contributed by atoms with Gasteiger partial charge in [-0.25, -0.2) is 4.79 Å². The molecule has 0 aliphatic rings. The third-order valence-corrected chi connectivity index (χ3v) is 1.27. The molecule has 0 atom stereocenters. The number of carbonyl (C=O) groups is 3. The van der Waals surface area contributed by atoms with Crippen molar-refractivity contribution in [3.63, 3.8) is 0 Å². The van der Waals surface area contributed by atoms with Crippen molar-refractivity contribution in [1.29, 1.82) is 0 Å². The summed E-state index contributed by atoms with van der Waals surface area (Å²) < 4.78 is 0. The molecule has 0 saturated heterocycles. The van der Waals surface area contributed by atoms with Crippen LogP contribution in [-0.4, -0.2) is 34.6 Å². The molecule has 0 spiro atoms. The summed E-state index contributed by atoms with van der Waals surface area (Å²) in [5.41, 5.74) is -0.441. The molecule has 0 rings (SSSR count). The molecule has 0 aromatic rings. The molecule has 1 amide bonds. The minimum absolute atomic E-state index is 0.356. The van der Waals surface area contributed by atoms with Gasteiger partial charge in [-0.2, -0.15) is 0 Å². The largest absolute Gasteiger partial charge is 0.481 e. The van der Waals surface area contributed by atoms with Crippen molar-refractivity contribution >= 4 is 17.8 Å². The fraction of sp³-hybridized carbons (Fsp3) is 0.375. The Labute approximate surface area is 80.2 Å². The van der Waals surface area contributed by atoms with E-state index in [1.807, 2.05) is 0 Å². The highest BCUT2D eigenvalue weighted by molar-refractivity contribution is 6.00. The molecule has 6 nitrogen and oxygen atoms in total. The highest BCUT2D eigenvalue weighted by Crippen LogP contribution is 2.01. The maximum Gasteiger partial charge on any atom is 0.332 e. The molecule has 0 aliphatic carbocycles. The standard InChI is InChI=1S/C8H11NO5/c1-2-9-6(10)3-5(8(13)14)4-7(11)12/h3H,2,4H2,1H3,(H,9,10)(H,11,12)(H,13,14). The summed E-state index contributed by atoms with van der Waals surface area (Å²) in [4.78, 5) is 31.6. The Morgan fingerprint density at radius 2 is 1.86 bits per heavy atom. The number of amides is 1. The molecule has 0 heterocycles. The second-order valence-corrected chi connectivity index (χ2v) is 2.44. The zero-order chi connectivity index (χ0) is 11.1. The Hall–Kier alpha value is -1.85. The van der Waals surface area contributed by atoms with E-state index in [1.54, 1.807) is 6.92 Å². The van der Waals surface area contributed by atoms with Crippen LogP contribution in [0.4, 0.5) is 0 Å². The van der Waals surface area contributed by atoms with Gasteiger partial charge in [-0.15, -0.1) is 0 Å². The summed E-state index contributed by atoms with van der Waals surface area (Å²) in [7, 11) is 0. The normalized spacial score (nSPS) is 10.8. The average molecular weight is 201 g/mol. The smallest absolute Gasteiger partial charge is 0.332 e. The first-order chi connectivity index (χ1) is 6.47. The summed E-state index contributed by atoms with van der Waals surface area (Å²) >= 11 is 0. The number of aliphatic carboxylic acids is 2. The van der Waals surface area contributed by atoms with Crippen molar-refractivity contribution in [3.8, 4) is 0 Å². The first-order valence-electron chi connectivity index (χ1n) is 3.90. The minimum atomic E-state index is -1.40. The Morgan fingerprint density at radius 1 is 1.29 bits per heavy atom. The topological polar surface area (TPSA) is 104 Å². The number of carbonyl (C=O) groups excluding carboxylic acids is 1. The number of nitrogens with one attached hydrogen (secondary N) is 1. The van der Waals surface area contributed by atoms with Crippen LogP contribution in [0.1, 0.15) is 13.3 Å². The van der Waals surface area contributed by atoms with Crippen LogP contribution in [-0.2, 0) is 14.4 Å². The third kappa shape index (κ3) is 4.91. The minimum Gasteiger partial charge on any atom is -0.481 e. The van der Waals surface area contributed by atoms with E-state index in [-0.39, 0.29) is 0 Å². The quantitative estimate of drug-likeness (QED) is 0.525. The van der Waals surface area contributed by atoms with Gasteiger partial charge in [-0.3, -0.25) is 9.59 Å². The lowest BCUT2D eigenvalue weighted by Gasteiger charge is -1.99. The zero-order valence-electron chi connectivity index (χ0n) is 7.61. The van der Waals surface area contributed by atoms with Crippen molar-refractivity contribution in [2.45, 2.75) is 13.3 Å². The molecule has 0 saturated carbocycles. The van der Waals surface area contributed by atoms with Crippen LogP contribution in [0, 0.1) is 0 Å². The summed E-state index contributed by atoms with van der Waals surface area (Å²) in [6.07, 6.45) is 0.104. The molecule has 6 heteroatoms. The van der Waals surface area contributed by atoms with Gasteiger partial charge in [0, 0.05) is 12.6 Å². The number of likely N-dealkylation sites (N-methyl/N-ethyl adjacent to an activating group) is 1. The van der Waals surface area contributed by atoms with E-state index in [1.165, 1.54) is 0 Å². The summed E-state index contributed by atoms with van der Waals surface area (Å²) in [6, 6.07) is 0. The van der Waals surface area contributed by atoms with E-state index < -0.39 is 29.8 Å². The Kier molecular flexibility index (Phi) is 4.98. The van der Waals surface area contributed by atoms with Crippen molar-refractivity contribution in [1.82, 2.24) is 5.32 Å². The van der Waals surface area contributed by atoms with Crippen LogP contribution in [0.3, 0.4) is 0 Å². The highest BCUT2D eigenvalue weighted by Gasteiger charge is 2.13. The molecule has 0 fully saturated rings. The lowest BCUT2D eigenvalue weighted by Crippen LogP contribution is -2.22.